The highest BCUT2D eigenvalue weighted by atomic mass is 31.2. The van der Waals surface area contributed by atoms with E-state index in [2.05, 4.69) is 39.8 Å². The number of phosphoric acid groups is 1. The summed E-state index contributed by atoms with van der Waals surface area (Å²) in [6, 6.07) is 0. The first-order valence-electron chi connectivity index (χ1n) is 24.9. The zero-order chi connectivity index (χ0) is 45.5. The number of ether oxygens (including phenoxy) is 3. The number of aryl methyl sites for hydroxylation is 2. The maximum atomic E-state index is 12.8. The second kappa shape index (κ2) is 33.5. The molecule has 0 radical (unpaired) electrons. The van der Waals surface area contributed by atoms with Gasteiger partial charge in [-0.1, -0.05) is 129 Å². The lowest BCUT2D eigenvalue weighted by molar-refractivity contribution is -0.870. The molecule has 4 atom stereocenters. The Morgan fingerprint density at radius 2 is 1.21 bits per heavy atom. The lowest BCUT2D eigenvalue weighted by atomic mass is 10.0. The van der Waals surface area contributed by atoms with Crippen molar-refractivity contribution in [1.82, 2.24) is 0 Å². The Morgan fingerprint density at radius 3 is 1.81 bits per heavy atom. The molecular formula is C50H90NO10P. The molecule has 1 aromatic rings. The van der Waals surface area contributed by atoms with Gasteiger partial charge in [0.1, 0.15) is 31.3 Å². The van der Waals surface area contributed by atoms with Crippen molar-refractivity contribution in [2.45, 2.75) is 226 Å². The zero-order valence-corrected chi connectivity index (χ0v) is 41.4. The van der Waals surface area contributed by atoms with Gasteiger partial charge in [0.25, 0.3) is 7.82 Å². The standard InChI is InChI=1S/C50H90NO10P/c1-8-10-12-13-21-28-34-47-48(61-47)35-29-23-20-25-30-36-49(52)56-40-44(41-58-62(54,55)57-39-38-51(5,6)7)59-50(53)37-31-24-19-17-15-14-16-18-22-27-33-46-43(4)42(3)45(60-46)32-26-11-9-2/h21,28,44,47-48H,8-20,22-27,29-41H2,1-7H3/b28-21-/t44-,47?,48?/m1/s1. The summed E-state index contributed by atoms with van der Waals surface area (Å²) in [5.74, 6) is 1.50. The van der Waals surface area contributed by atoms with Gasteiger partial charge in [-0.05, 0) is 76.3 Å². The predicted octanol–water partition coefficient (Wildman–Crippen LogP) is 12.2. The Hall–Kier alpha value is -2.01. The topological polar surface area (TPSA) is 137 Å². The summed E-state index contributed by atoms with van der Waals surface area (Å²) >= 11 is 0. The number of unbranched alkanes of at least 4 members (excludes halogenated alkanes) is 18. The highest BCUT2D eigenvalue weighted by molar-refractivity contribution is 7.45. The van der Waals surface area contributed by atoms with Crippen LogP contribution in [0.5, 0.6) is 0 Å². The van der Waals surface area contributed by atoms with E-state index in [0.29, 0.717) is 36.1 Å². The molecule has 1 aliphatic rings. The molecule has 1 aromatic heterocycles. The molecule has 0 aromatic carbocycles. The minimum Gasteiger partial charge on any atom is -0.756 e. The van der Waals surface area contributed by atoms with Crippen LogP contribution in [0.25, 0.3) is 0 Å². The highest BCUT2D eigenvalue weighted by Crippen LogP contribution is 2.38. The summed E-state index contributed by atoms with van der Waals surface area (Å²) in [5.41, 5.74) is 2.69. The van der Waals surface area contributed by atoms with Crippen molar-refractivity contribution in [3.8, 4) is 0 Å². The maximum Gasteiger partial charge on any atom is 0.306 e. The molecule has 12 heteroatoms. The fraction of sp³-hybridized carbons (Fsp3) is 0.840. The number of epoxide rings is 1. The summed E-state index contributed by atoms with van der Waals surface area (Å²) in [5, 5.41) is 0. The molecule has 0 spiro atoms. The van der Waals surface area contributed by atoms with Crippen LogP contribution >= 0.6 is 7.82 Å². The number of esters is 2. The van der Waals surface area contributed by atoms with Crippen LogP contribution in [-0.2, 0) is 50.3 Å². The summed E-state index contributed by atoms with van der Waals surface area (Å²) in [7, 11) is 1.14. The monoisotopic (exact) mass is 896 g/mol. The van der Waals surface area contributed by atoms with E-state index in [9.17, 15) is 19.0 Å². The van der Waals surface area contributed by atoms with Crippen LogP contribution in [0.2, 0.25) is 0 Å². The first-order chi connectivity index (χ1) is 29.7. The molecule has 360 valence electrons. The lowest BCUT2D eigenvalue weighted by Gasteiger charge is -2.28. The summed E-state index contributed by atoms with van der Waals surface area (Å²) in [6.45, 7) is 8.53. The van der Waals surface area contributed by atoms with Crippen LogP contribution in [0.3, 0.4) is 0 Å². The van der Waals surface area contributed by atoms with Gasteiger partial charge in [0.15, 0.2) is 6.10 Å². The Balaban J connectivity index is 1.59. The molecule has 2 heterocycles. The molecule has 0 amide bonds. The number of carbonyl (C=O) groups is 2. The second-order valence-corrected chi connectivity index (χ2v) is 20.2. The number of hydrogen-bond donors (Lipinski definition) is 0. The van der Waals surface area contributed by atoms with Crippen molar-refractivity contribution in [1.29, 1.82) is 0 Å². The molecule has 0 saturated carbocycles. The van der Waals surface area contributed by atoms with E-state index in [1.807, 2.05) is 21.1 Å². The van der Waals surface area contributed by atoms with Gasteiger partial charge >= 0.3 is 11.9 Å². The minimum absolute atomic E-state index is 0.0402. The third-order valence-corrected chi connectivity index (χ3v) is 12.9. The summed E-state index contributed by atoms with van der Waals surface area (Å²) in [6.07, 6.45) is 33.5. The van der Waals surface area contributed by atoms with Crippen LogP contribution < -0.4 is 4.89 Å². The average molecular weight is 896 g/mol. The van der Waals surface area contributed by atoms with Gasteiger partial charge in [0.05, 0.1) is 40.0 Å². The van der Waals surface area contributed by atoms with Crippen LogP contribution in [0.1, 0.15) is 203 Å². The third-order valence-electron chi connectivity index (χ3n) is 11.9. The summed E-state index contributed by atoms with van der Waals surface area (Å²) in [4.78, 5) is 37.8. The van der Waals surface area contributed by atoms with Crippen molar-refractivity contribution in [2.24, 2.45) is 0 Å². The van der Waals surface area contributed by atoms with E-state index in [1.165, 1.54) is 99.7 Å². The van der Waals surface area contributed by atoms with E-state index in [1.54, 1.807) is 0 Å². The van der Waals surface area contributed by atoms with Gasteiger partial charge in [-0.15, -0.1) is 0 Å². The van der Waals surface area contributed by atoms with Crippen LogP contribution in [0.15, 0.2) is 16.6 Å². The van der Waals surface area contributed by atoms with E-state index in [4.69, 9.17) is 27.7 Å². The Bertz CT molecular complexity index is 1400. The molecule has 1 fully saturated rings. The quantitative estimate of drug-likeness (QED) is 0.0156. The smallest absolute Gasteiger partial charge is 0.306 e. The minimum atomic E-state index is -4.65. The largest absolute Gasteiger partial charge is 0.756 e. The van der Waals surface area contributed by atoms with E-state index >= 15 is 0 Å². The number of carbonyl (C=O) groups excluding carboxylic acids is 2. The maximum absolute atomic E-state index is 12.8. The first-order valence-corrected chi connectivity index (χ1v) is 26.3. The normalized spacial score (nSPS) is 16.8. The fourth-order valence-corrected chi connectivity index (χ4v) is 8.33. The van der Waals surface area contributed by atoms with Crippen molar-refractivity contribution in [3.63, 3.8) is 0 Å². The molecule has 11 nitrogen and oxygen atoms in total. The van der Waals surface area contributed by atoms with Crippen LogP contribution in [0.4, 0.5) is 0 Å². The Morgan fingerprint density at radius 1 is 0.677 bits per heavy atom. The van der Waals surface area contributed by atoms with Crippen molar-refractivity contribution < 1.29 is 51.2 Å². The zero-order valence-electron chi connectivity index (χ0n) is 40.5. The SMILES string of the molecule is CCCCC/C=C\CC1OC1CCCCCCCC(=O)OC[C@H](COP(=O)([O-])OCC[N+](C)(C)C)OC(=O)CCCCCCCCCCCCc1oc(CCCCC)c(C)c1C. The van der Waals surface area contributed by atoms with Crippen molar-refractivity contribution >= 4 is 19.8 Å². The van der Waals surface area contributed by atoms with Gasteiger partial charge in [0, 0.05) is 25.7 Å². The molecule has 0 aliphatic carbocycles. The molecule has 0 N–H and O–H groups in total. The van der Waals surface area contributed by atoms with Crippen molar-refractivity contribution in [2.75, 3.05) is 47.5 Å². The predicted molar refractivity (Wildman–Crippen MR) is 248 cm³/mol. The lowest BCUT2D eigenvalue weighted by Crippen LogP contribution is -2.37. The molecule has 62 heavy (non-hydrogen) atoms. The molecule has 2 rings (SSSR count). The molecule has 3 unspecified atom stereocenters. The Kier molecular flexibility index (Phi) is 30.3. The van der Waals surface area contributed by atoms with Gasteiger partial charge in [-0.25, -0.2) is 0 Å². The highest BCUT2D eigenvalue weighted by Gasteiger charge is 2.36. The molecular weight excluding hydrogens is 806 g/mol. The average Bonchev–Trinajstić information content (AvgIpc) is 3.92. The molecule has 1 saturated heterocycles. The fourth-order valence-electron chi connectivity index (χ4n) is 7.61. The van der Waals surface area contributed by atoms with Gasteiger partial charge in [0.2, 0.25) is 0 Å². The Labute approximate surface area is 378 Å². The van der Waals surface area contributed by atoms with Gasteiger partial charge in [-0.2, -0.15) is 0 Å². The number of nitrogens with zero attached hydrogens (tertiary/aromatic N) is 1. The van der Waals surface area contributed by atoms with E-state index < -0.39 is 32.5 Å². The van der Waals surface area contributed by atoms with Crippen LogP contribution in [-0.4, -0.2) is 82.2 Å². The number of quaternary nitrogens is 1. The van der Waals surface area contributed by atoms with Crippen LogP contribution in [0, 0.1) is 13.8 Å². The number of hydrogen-bond acceptors (Lipinski definition) is 10. The molecule has 0 bridgehead atoms. The number of phosphoric ester groups is 1. The number of rotatable bonds is 41. The van der Waals surface area contributed by atoms with Gasteiger partial charge in [-0.3, -0.25) is 14.2 Å². The van der Waals surface area contributed by atoms with E-state index in [0.717, 1.165) is 77.0 Å². The first kappa shape index (κ1) is 56.1. The van der Waals surface area contributed by atoms with E-state index in [-0.39, 0.29) is 26.1 Å². The second-order valence-electron chi connectivity index (χ2n) is 18.8. The van der Waals surface area contributed by atoms with Crippen molar-refractivity contribution in [3.05, 3.63) is 34.8 Å². The number of likely N-dealkylation sites (N-methyl/N-ethyl adjacent to an activating group) is 1. The number of furan rings is 1. The molecule has 1 aliphatic heterocycles. The third kappa shape index (κ3) is 28.7. The number of allylic oxidation sites excluding steroid dienone is 1. The van der Waals surface area contributed by atoms with Gasteiger partial charge < -0.3 is 37.1 Å². The summed E-state index contributed by atoms with van der Waals surface area (Å²) < 4.78 is 46.1.